The minimum atomic E-state index is -0.904. The number of carbonyl (C=O) groups is 2. The van der Waals surface area contributed by atoms with Crippen LogP contribution in [0.25, 0.3) is 10.9 Å². The number of nitrogens with one attached hydrogen (secondary N) is 2. The highest BCUT2D eigenvalue weighted by Gasteiger charge is 2.32. The average Bonchev–Trinajstić information content (AvgIpc) is 3.39. The Hall–Kier alpha value is -3.85. The largest absolute Gasteiger partial charge is 0.489 e. The van der Waals surface area contributed by atoms with Crippen LogP contribution in [0.5, 0.6) is 5.75 Å². The van der Waals surface area contributed by atoms with E-state index in [1.54, 1.807) is 25.2 Å². The molecule has 2 N–H and O–H groups in total. The zero-order valence-electron chi connectivity index (χ0n) is 17.0. The summed E-state index contributed by atoms with van der Waals surface area (Å²) in [7, 11) is 1.61. The predicted octanol–water partition coefficient (Wildman–Crippen LogP) is 2.95. The van der Waals surface area contributed by atoms with Gasteiger partial charge in [0, 0.05) is 31.0 Å². The molecule has 5 rings (SSSR count). The first-order chi connectivity index (χ1) is 15.5. The van der Waals surface area contributed by atoms with E-state index in [4.69, 9.17) is 20.9 Å². The van der Waals surface area contributed by atoms with Crippen LogP contribution in [0.2, 0.25) is 5.15 Å². The first-order valence-electron chi connectivity index (χ1n) is 9.88. The minimum Gasteiger partial charge on any atom is -0.489 e. The molecule has 0 radical (unpaired) electrons. The Labute approximate surface area is 187 Å². The summed E-state index contributed by atoms with van der Waals surface area (Å²) >= 11 is 6.12. The van der Waals surface area contributed by atoms with Crippen molar-refractivity contribution in [1.29, 1.82) is 0 Å². The van der Waals surface area contributed by atoms with Gasteiger partial charge in [0.2, 0.25) is 0 Å². The molecule has 4 aromatic rings. The van der Waals surface area contributed by atoms with E-state index in [1.165, 1.54) is 4.90 Å². The molecule has 0 saturated heterocycles. The first-order valence-corrected chi connectivity index (χ1v) is 10.3. The summed E-state index contributed by atoms with van der Waals surface area (Å²) in [5.74, 6) is 0.172. The fraction of sp³-hybridized carbons (Fsp3) is 0.182. The molecule has 0 unspecified atom stereocenters. The molecule has 162 valence electrons. The van der Waals surface area contributed by atoms with Gasteiger partial charge in [-0.05, 0) is 11.6 Å². The molecule has 2 aromatic heterocycles. The number of amides is 2. The van der Waals surface area contributed by atoms with Crippen LogP contribution in [-0.2, 0) is 11.2 Å². The number of aromatic amines is 1. The Kier molecular flexibility index (Phi) is 5.02. The van der Waals surface area contributed by atoms with Gasteiger partial charge in [0.25, 0.3) is 11.8 Å². The van der Waals surface area contributed by atoms with E-state index < -0.39 is 11.9 Å². The van der Waals surface area contributed by atoms with E-state index in [-0.39, 0.29) is 18.2 Å². The number of carbonyl (C=O) groups excluding carboxylic acids is 2. The Morgan fingerprint density at radius 3 is 2.91 bits per heavy atom. The predicted molar refractivity (Wildman–Crippen MR) is 117 cm³/mol. The first kappa shape index (κ1) is 20.1. The molecular weight excluding hydrogens is 434 g/mol. The number of benzene rings is 2. The Morgan fingerprint density at radius 1 is 1.28 bits per heavy atom. The third-order valence-corrected chi connectivity index (χ3v) is 5.59. The van der Waals surface area contributed by atoms with Gasteiger partial charge in [-0.3, -0.25) is 14.7 Å². The number of hydrogen-bond acceptors (Lipinski definition) is 6. The molecule has 1 atom stereocenters. The highest BCUT2D eigenvalue weighted by Crippen LogP contribution is 2.36. The lowest BCUT2D eigenvalue weighted by Crippen LogP contribution is -2.49. The maximum atomic E-state index is 13.0. The van der Waals surface area contributed by atoms with E-state index in [0.29, 0.717) is 39.7 Å². The molecular formula is C22H18ClN5O4. The van der Waals surface area contributed by atoms with Gasteiger partial charge < -0.3 is 19.5 Å². The number of nitrogens with zero attached hydrogens (tertiary/aromatic N) is 3. The minimum absolute atomic E-state index is 0.0414. The molecule has 1 aliphatic rings. The number of aromatic nitrogens is 3. The number of ether oxygens (including phenoxy) is 1. The molecule has 0 bridgehead atoms. The third-order valence-electron chi connectivity index (χ3n) is 5.30. The molecule has 10 heteroatoms. The summed E-state index contributed by atoms with van der Waals surface area (Å²) in [5.41, 5.74) is 2.28. The van der Waals surface area contributed by atoms with Gasteiger partial charge in [-0.2, -0.15) is 5.10 Å². The van der Waals surface area contributed by atoms with Crippen molar-refractivity contribution >= 4 is 40.0 Å². The van der Waals surface area contributed by atoms with Crippen molar-refractivity contribution in [3.05, 3.63) is 70.7 Å². The highest BCUT2D eigenvalue weighted by molar-refractivity contribution is 6.34. The van der Waals surface area contributed by atoms with Crippen LogP contribution in [0.3, 0.4) is 0 Å². The number of halogens is 1. The fourth-order valence-electron chi connectivity index (χ4n) is 3.61. The molecule has 9 nitrogen and oxygen atoms in total. The van der Waals surface area contributed by atoms with Crippen molar-refractivity contribution in [1.82, 2.24) is 20.7 Å². The number of likely N-dealkylation sites (N-methyl/N-ethyl adjacent to an activating group) is 1. The lowest BCUT2D eigenvalue weighted by molar-refractivity contribution is -0.120. The topological polar surface area (TPSA) is 113 Å². The van der Waals surface area contributed by atoms with Crippen LogP contribution >= 0.6 is 11.6 Å². The molecule has 2 amide bonds. The van der Waals surface area contributed by atoms with Gasteiger partial charge in [-0.1, -0.05) is 47.1 Å². The molecule has 0 saturated carbocycles. The lowest BCUT2D eigenvalue weighted by Gasteiger charge is -2.20. The van der Waals surface area contributed by atoms with Crippen LogP contribution in [0.15, 0.2) is 53.1 Å². The SMILES string of the molecule is CN1C(=O)[C@@H](NC(=O)c2cc(Cc3ccccc3)on2)COc2cc3n[nH]c(Cl)c3cc21. The van der Waals surface area contributed by atoms with Gasteiger partial charge in [0.05, 0.1) is 11.2 Å². The molecule has 1 aliphatic heterocycles. The monoisotopic (exact) mass is 451 g/mol. The molecule has 32 heavy (non-hydrogen) atoms. The number of hydrogen-bond donors (Lipinski definition) is 2. The molecule has 0 fully saturated rings. The standard InChI is InChI=1S/C22H18ClN5O4/c1-28-18-9-14-15(25-26-20(14)23)10-19(18)31-11-17(22(28)30)24-21(29)16-8-13(32-27-16)7-12-5-3-2-4-6-12/h2-6,8-10,17H,7,11H2,1H3,(H,24,29)(H,25,26)/t17-/m0/s1. The van der Waals surface area contributed by atoms with Crippen LogP contribution in [0.1, 0.15) is 21.8 Å². The second-order valence-electron chi connectivity index (χ2n) is 7.45. The maximum absolute atomic E-state index is 13.0. The number of fused-ring (bicyclic) bond motifs is 2. The van der Waals surface area contributed by atoms with E-state index in [0.717, 1.165) is 5.56 Å². The van der Waals surface area contributed by atoms with Gasteiger partial charge in [-0.25, -0.2) is 0 Å². The van der Waals surface area contributed by atoms with Gasteiger partial charge in [-0.15, -0.1) is 0 Å². The van der Waals surface area contributed by atoms with Crippen molar-refractivity contribution in [2.75, 3.05) is 18.6 Å². The highest BCUT2D eigenvalue weighted by atomic mass is 35.5. The van der Waals surface area contributed by atoms with Gasteiger partial charge in [0.15, 0.2) is 5.69 Å². The molecule has 3 heterocycles. The van der Waals surface area contributed by atoms with E-state index in [1.807, 2.05) is 30.3 Å². The summed E-state index contributed by atoms with van der Waals surface area (Å²) in [6.45, 7) is -0.0414. The normalized spacial score (nSPS) is 15.9. The van der Waals surface area contributed by atoms with Crippen LogP contribution in [-0.4, -0.2) is 46.9 Å². The summed E-state index contributed by atoms with van der Waals surface area (Å²) in [6.07, 6.45) is 0.509. The van der Waals surface area contributed by atoms with Crippen LogP contribution in [0.4, 0.5) is 5.69 Å². The van der Waals surface area contributed by atoms with E-state index >= 15 is 0 Å². The Bertz CT molecular complexity index is 1320. The van der Waals surface area contributed by atoms with Crippen LogP contribution in [0, 0.1) is 0 Å². The van der Waals surface area contributed by atoms with Crippen molar-refractivity contribution < 1.29 is 18.8 Å². The summed E-state index contributed by atoms with van der Waals surface area (Å²) in [5, 5.41) is 14.4. The lowest BCUT2D eigenvalue weighted by atomic mass is 10.1. The molecule has 2 aromatic carbocycles. The van der Waals surface area contributed by atoms with Crippen molar-refractivity contribution in [2.24, 2.45) is 0 Å². The second-order valence-corrected chi connectivity index (χ2v) is 7.83. The van der Waals surface area contributed by atoms with E-state index in [9.17, 15) is 9.59 Å². The summed E-state index contributed by atoms with van der Waals surface area (Å²) in [4.78, 5) is 27.2. The zero-order valence-corrected chi connectivity index (χ0v) is 17.7. The Balaban J connectivity index is 1.32. The number of rotatable bonds is 4. The van der Waals surface area contributed by atoms with Crippen molar-refractivity contribution in [2.45, 2.75) is 12.5 Å². The number of anilines is 1. The average molecular weight is 452 g/mol. The van der Waals surface area contributed by atoms with Gasteiger partial charge >= 0.3 is 0 Å². The van der Waals surface area contributed by atoms with Crippen LogP contribution < -0.4 is 15.0 Å². The van der Waals surface area contributed by atoms with Crippen molar-refractivity contribution in [3.63, 3.8) is 0 Å². The Morgan fingerprint density at radius 2 is 2.09 bits per heavy atom. The number of H-pyrrole nitrogens is 1. The fourth-order valence-corrected chi connectivity index (χ4v) is 3.80. The zero-order chi connectivity index (χ0) is 22.2. The second kappa shape index (κ2) is 8.01. The van der Waals surface area contributed by atoms with Gasteiger partial charge in [0.1, 0.15) is 29.3 Å². The van der Waals surface area contributed by atoms with E-state index in [2.05, 4.69) is 20.7 Å². The van der Waals surface area contributed by atoms with Crippen molar-refractivity contribution in [3.8, 4) is 5.75 Å². The quantitative estimate of drug-likeness (QED) is 0.493. The summed E-state index contributed by atoms with van der Waals surface area (Å²) in [6, 6.07) is 13.8. The molecule has 0 aliphatic carbocycles. The third kappa shape index (κ3) is 3.67. The molecule has 0 spiro atoms. The summed E-state index contributed by atoms with van der Waals surface area (Å²) < 4.78 is 11.1. The maximum Gasteiger partial charge on any atom is 0.274 e. The smallest absolute Gasteiger partial charge is 0.274 e.